The van der Waals surface area contributed by atoms with Crippen molar-refractivity contribution in [3.05, 3.63) is 28.7 Å². The standard InChI is InChI=1S/C21H28ClN5O3S/c1-12-20(31-15-4-7-24-19(29-3)16(15)22)26-14(10-28)18(25-12)27-8-5-21(6-9-27)11-30-13(2)17(21)23/h4,7,13,17,28H,5-6,8-11,23H2,1-3H3/t13-,17+/m0/s1. The van der Waals surface area contributed by atoms with E-state index in [-0.39, 0.29) is 24.2 Å². The summed E-state index contributed by atoms with van der Waals surface area (Å²) in [5.41, 5.74) is 7.81. The predicted molar refractivity (Wildman–Crippen MR) is 120 cm³/mol. The molecule has 4 rings (SSSR count). The van der Waals surface area contributed by atoms with Gasteiger partial charge in [0.2, 0.25) is 5.88 Å². The molecule has 4 heterocycles. The second-order valence-corrected chi connectivity index (χ2v) is 9.58. The first-order chi connectivity index (χ1) is 14.9. The number of pyridine rings is 1. The molecule has 0 amide bonds. The summed E-state index contributed by atoms with van der Waals surface area (Å²) in [6.07, 6.45) is 3.61. The maximum atomic E-state index is 10.0. The number of halogens is 1. The fourth-order valence-electron chi connectivity index (χ4n) is 4.35. The van der Waals surface area contributed by atoms with Gasteiger partial charge in [-0.25, -0.2) is 15.0 Å². The van der Waals surface area contributed by atoms with Crippen LogP contribution in [0, 0.1) is 12.3 Å². The lowest BCUT2D eigenvalue weighted by Crippen LogP contribution is -2.51. The Labute approximate surface area is 191 Å². The van der Waals surface area contributed by atoms with Crippen LogP contribution >= 0.6 is 23.4 Å². The molecule has 0 aliphatic carbocycles. The fraction of sp³-hybridized carbons (Fsp3) is 0.571. The van der Waals surface area contributed by atoms with Crippen molar-refractivity contribution in [2.75, 3.05) is 31.7 Å². The highest BCUT2D eigenvalue weighted by atomic mass is 35.5. The lowest BCUT2D eigenvalue weighted by Gasteiger charge is -2.42. The summed E-state index contributed by atoms with van der Waals surface area (Å²) in [6.45, 7) is 6.11. The van der Waals surface area contributed by atoms with Gasteiger partial charge in [-0.15, -0.1) is 0 Å². The first-order valence-electron chi connectivity index (χ1n) is 10.4. The van der Waals surface area contributed by atoms with Crippen molar-refractivity contribution < 1.29 is 14.6 Å². The van der Waals surface area contributed by atoms with Crippen LogP contribution in [0.3, 0.4) is 0 Å². The Morgan fingerprint density at radius 2 is 2.13 bits per heavy atom. The number of nitrogens with two attached hydrogens (primary N) is 1. The second kappa shape index (κ2) is 9.07. The monoisotopic (exact) mass is 465 g/mol. The minimum atomic E-state index is -0.190. The molecule has 3 N–H and O–H groups in total. The number of aryl methyl sites for hydroxylation is 1. The van der Waals surface area contributed by atoms with Gasteiger partial charge in [-0.3, -0.25) is 0 Å². The largest absolute Gasteiger partial charge is 0.480 e. The molecule has 0 aromatic carbocycles. The van der Waals surface area contributed by atoms with Crippen molar-refractivity contribution in [1.82, 2.24) is 15.0 Å². The molecule has 2 aliphatic rings. The van der Waals surface area contributed by atoms with Crippen molar-refractivity contribution >= 4 is 29.2 Å². The van der Waals surface area contributed by atoms with E-state index in [0.29, 0.717) is 28.2 Å². The zero-order valence-electron chi connectivity index (χ0n) is 18.0. The van der Waals surface area contributed by atoms with Crippen LogP contribution in [-0.2, 0) is 11.3 Å². The van der Waals surface area contributed by atoms with E-state index in [1.165, 1.54) is 18.9 Å². The van der Waals surface area contributed by atoms with Gasteiger partial charge in [-0.2, -0.15) is 0 Å². The second-order valence-electron chi connectivity index (χ2n) is 8.17. The summed E-state index contributed by atoms with van der Waals surface area (Å²) in [5, 5.41) is 11.1. The molecule has 2 aromatic rings. The number of aromatic nitrogens is 3. The molecule has 31 heavy (non-hydrogen) atoms. The number of nitrogens with zero attached hydrogens (tertiary/aromatic N) is 4. The lowest BCUT2D eigenvalue weighted by molar-refractivity contribution is 0.0973. The molecule has 0 unspecified atom stereocenters. The molecule has 0 bridgehead atoms. The van der Waals surface area contributed by atoms with Crippen LogP contribution in [0.1, 0.15) is 31.2 Å². The van der Waals surface area contributed by atoms with E-state index in [1.54, 1.807) is 12.3 Å². The number of methoxy groups -OCH3 is 1. The van der Waals surface area contributed by atoms with E-state index < -0.39 is 0 Å². The minimum Gasteiger partial charge on any atom is -0.480 e. The van der Waals surface area contributed by atoms with E-state index in [2.05, 4.69) is 9.88 Å². The first-order valence-corrected chi connectivity index (χ1v) is 11.5. The van der Waals surface area contributed by atoms with E-state index >= 15 is 0 Å². The van der Waals surface area contributed by atoms with Gasteiger partial charge in [-0.05, 0) is 32.8 Å². The van der Waals surface area contributed by atoms with Gasteiger partial charge >= 0.3 is 0 Å². The molecule has 2 atom stereocenters. The Morgan fingerprint density at radius 3 is 2.74 bits per heavy atom. The molecule has 2 saturated heterocycles. The molecule has 10 heteroatoms. The van der Waals surface area contributed by atoms with Crippen molar-refractivity contribution in [3.63, 3.8) is 0 Å². The molecular weight excluding hydrogens is 438 g/mol. The van der Waals surface area contributed by atoms with Gasteiger partial charge in [-0.1, -0.05) is 23.4 Å². The highest BCUT2D eigenvalue weighted by Gasteiger charge is 2.47. The third-order valence-electron chi connectivity index (χ3n) is 6.35. The van der Waals surface area contributed by atoms with Crippen LogP contribution in [0.15, 0.2) is 22.2 Å². The van der Waals surface area contributed by atoms with Gasteiger partial charge in [0.15, 0.2) is 5.82 Å². The van der Waals surface area contributed by atoms with Crippen LogP contribution < -0.4 is 15.4 Å². The molecule has 2 fully saturated rings. The van der Waals surface area contributed by atoms with Crippen molar-refractivity contribution in [2.24, 2.45) is 11.1 Å². The smallest absolute Gasteiger partial charge is 0.233 e. The Balaban J connectivity index is 1.55. The molecule has 0 radical (unpaired) electrons. The molecule has 2 aliphatic heterocycles. The van der Waals surface area contributed by atoms with Crippen molar-refractivity contribution in [2.45, 2.75) is 55.4 Å². The average Bonchev–Trinajstić information content (AvgIpc) is 3.05. The summed E-state index contributed by atoms with van der Waals surface area (Å²) < 4.78 is 11.0. The van der Waals surface area contributed by atoms with Crippen molar-refractivity contribution in [3.8, 4) is 5.88 Å². The molecule has 2 aromatic heterocycles. The normalized spacial score (nSPS) is 22.8. The zero-order chi connectivity index (χ0) is 22.2. The third-order valence-corrected chi connectivity index (χ3v) is 7.97. The highest BCUT2D eigenvalue weighted by molar-refractivity contribution is 7.99. The Morgan fingerprint density at radius 1 is 1.39 bits per heavy atom. The maximum absolute atomic E-state index is 10.0. The number of rotatable bonds is 5. The summed E-state index contributed by atoms with van der Waals surface area (Å²) >= 11 is 7.77. The number of aliphatic hydroxyl groups excluding tert-OH is 1. The van der Waals surface area contributed by atoms with Gasteiger partial charge in [0.25, 0.3) is 0 Å². The Kier molecular flexibility index (Phi) is 6.60. The number of hydrogen-bond acceptors (Lipinski definition) is 9. The summed E-state index contributed by atoms with van der Waals surface area (Å²) in [4.78, 5) is 16.6. The van der Waals surface area contributed by atoms with Gasteiger partial charge < -0.3 is 25.2 Å². The fourth-order valence-corrected chi connectivity index (χ4v) is 5.52. The number of ether oxygens (including phenoxy) is 2. The van der Waals surface area contributed by atoms with E-state index in [4.69, 9.17) is 36.8 Å². The summed E-state index contributed by atoms with van der Waals surface area (Å²) in [7, 11) is 1.53. The summed E-state index contributed by atoms with van der Waals surface area (Å²) in [6, 6.07) is 1.86. The van der Waals surface area contributed by atoms with Crippen molar-refractivity contribution in [1.29, 1.82) is 0 Å². The van der Waals surface area contributed by atoms with Gasteiger partial charge in [0.1, 0.15) is 15.7 Å². The number of aliphatic hydroxyl groups is 1. The van der Waals surface area contributed by atoms with Crippen LogP contribution in [0.2, 0.25) is 5.02 Å². The molecule has 8 nitrogen and oxygen atoms in total. The molecule has 168 valence electrons. The van der Waals surface area contributed by atoms with E-state index in [0.717, 1.165) is 42.3 Å². The molecular formula is C21H28ClN5O3S. The quantitative estimate of drug-likeness (QED) is 0.689. The van der Waals surface area contributed by atoms with E-state index in [9.17, 15) is 5.11 Å². The van der Waals surface area contributed by atoms with Crippen LogP contribution in [0.5, 0.6) is 5.88 Å². The average molecular weight is 466 g/mol. The highest BCUT2D eigenvalue weighted by Crippen LogP contribution is 2.43. The SMILES string of the molecule is COc1nccc(Sc2nc(CO)c(N3CCC4(CC3)CO[C@@H](C)[C@H]4N)nc2C)c1Cl. The number of anilines is 1. The first kappa shape index (κ1) is 22.5. The topological polar surface area (TPSA) is 107 Å². The van der Waals surface area contributed by atoms with Crippen LogP contribution in [-0.4, -0.2) is 59.0 Å². The predicted octanol–water partition coefficient (Wildman–Crippen LogP) is 2.82. The number of hydrogen-bond donors (Lipinski definition) is 2. The Bertz CT molecular complexity index is 955. The van der Waals surface area contributed by atoms with Crippen LogP contribution in [0.4, 0.5) is 5.82 Å². The minimum absolute atomic E-state index is 0.0325. The molecule has 0 saturated carbocycles. The molecule has 1 spiro atoms. The maximum Gasteiger partial charge on any atom is 0.233 e. The van der Waals surface area contributed by atoms with E-state index in [1.807, 2.05) is 13.8 Å². The lowest BCUT2D eigenvalue weighted by atomic mass is 9.73. The van der Waals surface area contributed by atoms with Crippen LogP contribution in [0.25, 0.3) is 0 Å². The summed E-state index contributed by atoms with van der Waals surface area (Å²) in [5.74, 6) is 1.10. The Hall–Kier alpha value is -1.65. The van der Waals surface area contributed by atoms with Gasteiger partial charge in [0, 0.05) is 35.6 Å². The van der Waals surface area contributed by atoms with Gasteiger partial charge in [0.05, 0.1) is 32.1 Å². The number of piperidine rings is 1. The zero-order valence-corrected chi connectivity index (χ0v) is 19.5. The third kappa shape index (κ3) is 4.21.